The maximum absolute atomic E-state index is 13.9. The van der Waals surface area contributed by atoms with E-state index in [9.17, 15) is 14.7 Å². The summed E-state index contributed by atoms with van der Waals surface area (Å²) >= 11 is 0. The number of rotatable bonds is 10. The van der Waals surface area contributed by atoms with E-state index in [0.717, 1.165) is 5.56 Å². The van der Waals surface area contributed by atoms with Gasteiger partial charge in [0.25, 0.3) is 14.2 Å². The average molecular weight is 532 g/mol. The van der Waals surface area contributed by atoms with Crippen LogP contribution < -0.4 is 10.4 Å². The SMILES string of the molecule is CC(C)(C)N(CCO[Si](c1ccccc1)(c1ccccc1)C(C)(C)C)C(=O)c1ccccc1CCC(=O)O. The van der Waals surface area contributed by atoms with Crippen molar-refractivity contribution >= 4 is 30.6 Å². The highest BCUT2D eigenvalue weighted by Crippen LogP contribution is 2.36. The highest BCUT2D eigenvalue weighted by atomic mass is 28.4. The second kappa shape index (κ2) is 12.1. The monoisotopic (exact) mass is 531 g/mol. The van der Waals surface area contributed by atoms with Gasteiger partial charge in [0, 0.05) is 24.1 Å². The Kier molecular flexibility index (Phi) is 9.34. The molecule has 0 heterocycles. The Bertz CT molecular complexity index is 1170. The first-order valence-electron chi connectivity index (χ1n) is 13.2. The molecule has 0 aliphatic carbocycles. The maximum Gasteiger partial charge on any atom is 0.303 e. The summed E-state index contributed by atoms with van der Waals surface area (Å²) in [6.07, 6.45) is 0.296. The lowest BCUT2D eigenvalue weighted by atomic mass is 9.98. The Morgan fingerprint density at radius 2 is 1.29 bits per heavy atom. The van der Waals surface area contributed by atoms with Gasteiger partial charge >= 0.3 is 5.97 Å². The number of carboxylic acids is 1. The van der Waals surface area contributed by atoms with E-state index in [1.807, 2.05) is 56.0 Å². The van der Waals surface area contributed by atoms with Crippen molar-refractivity contribution in [2.24, 2.45) is 0 Å². The predicted molar refractivity (Wildman–Crippen MR) is 157 cm³/mol. The standard InChI is InChI=1S/C32H41NO4Si/c1-31(2,3)33(30(36)28-20-14-13-15-25(28)21-22-29(34)35)23-24-37-38(32(4,5)6,26-16-9-7-10-17-26)27-18-11-8-12-19-27/h7-20H,21-24H2,1-6H3,(H,34,35). The van der Waals surface area contributed by atoms with Crippen molar-refractivity contribution in [3.05, 3.63) is 96.1 Å². The lowest BCUT2D eigenvalue weighted by Gasteiger charge is -2.44. The number of aryl methyl sites for hydroxylation is 1. The van der Waals surface area contributed by atoms with Crippen LogP contribution in [0.25, 0.3) is 0 Å². The zero-order valence-electron chi connectivity index (χ0n) is 23.5. The van der Waals surface area contributed by atoms with Crippen LogP contribution >= 0.6 is 0 Å². The largest absolute Gasteiger partial charge is 0.481 e. The van der Waals surface area contributed by atoms with Crippen LogP contribution in [-0.2, 0) is 15.6 Å². The van der Waals surface area contributed by atoms with Crippen LogP contribution in [0.15, 0.2) is 84.9 Å². The first kappa shape index (κ1) is 29.3. The van der Waals surface area contributed by atoms with Crippen LogP contribution in [-0.4, -0.2) is 48.9 Å². The molecule has 3 rings (SSSR count). The molecule has 0 atom stereocenters. The molecule has 0 unspecified atom stereocenters. The summed E-state index contributed by atoms with van der Waals surface area (Å²) in [5.74, 6) is -0.983. The van der Waals surface area contributed by atoms with E-state index >= 15 is 0 Å². The molecule has 0 aliphatic rings. The normalized spacial score (nSPS) is 12.3. The third-order valence-electron chi connectivity index (χ3n) is 6.96. The molecule has 3 aromatic rings. The molecule has 0 radical (unpaired) electrons. The van der Waals surface area contributed by atoms with E-state index in [2.05, 4.69) is 69.3 Å². The van der Waals surface area contributed by atoms with Crippen molar-refractivity contribution in [1.29, 1.82) is 0 Å². The fourth-order valence-corrected chi connectivity index (χ4v) is 9.68. The van der Waals surface area contributed by atoms with Crippen molar-refractivity contribution in [3.63, 3.8) is 0 Å². The van der Waals surface area contributed by atoms with Gasteiger partial charge in [-0.15, -0.1) is 0 Å². The van der Waals surface area contributed by atoms with E-state index in [1.165, 1.54) is 10.4 Å². The number of benzene rings is 3. The molecule has 0 aromatic heterocycles. The van der Waals surface area contributed by atoms with Gasteiger partial charge in [-0.05, 0) is 54.2 Å². The average Bonchev–Trinajstić information content (AvgIpc) is 2.87. The van der Waals surface area contributed by atoms with Gasteiger partial charge in [-0.25, -0.2) is 0 Å². The molecule has 0 fully saturated rings. The van der Waals surface area contributed by atoms with Crippen molar-refractivity contribution in [2.75, 3.05) is 13.2 Å². The first-order valence-corrected chi connectivity index (χ1v) is 15.2. The fourth-order valence-electron chi connectivity index (χ4n) is 5.13. The minimum Gasteiger partial charge on any atom is -0.481 e. The Morgan fingerprint density at radius 1 is 0.789 bits per heavy atom. The van der Waals surface area contributed by atoms with E-state index in [4.69, 9.17) is 4.43 Å². The summed E-state index contributed by atoms with van der Waals surface area (Å²) in [6, 6.07) is 28.3. The molecule has 0 saturated carbocycles. The van der Waals surface area contributed by atoms with Gasteiger partial charge < -0.3 is 14.4 Å². The summed E-state index contributed by atoms with van der Waals surface area (Å²) in [5.41, 5.74) is 0.849. The van der Waals surface area contributed by atoms with Crippen LogP contribution in [0.2, 0.25) is 5.04 Å². The Hall–Kier alpha value is -3.22. The number of amides is 1. The number of carbonyl (C=O) groups is 2. The van der Waals surface area contributed by atoms with Gasteiger partial charge in [-0.2, -0.15) is 0 Å². The lowest BCUT2D eigenvalue weighted by Crippen LogP contribution is -2.67. The van der Waals surface area contributed by atoms with E-state index in [0.29, 0.717) is 25.1 Å². The van der Waals surface area contributed by atoms with Gasteiger partial charge in [0.05, 0.1) is 6.61 Å². The molecular formula is C32H41NO4Si. The van der Waals surface area contributed by atoms with Crippen LogP contribution in [0.3, 0.4) is 0 Å². The van der Waals surface area contributed by atoms with Crippen LogP contribution in [0.5, 0.6) is 0 Å². The second-order valence-electron chi connectivity index (χ2n) is 11.7. The van der Waals surface area contributed by atoms with Gasteiger partial charge in [0.2, 0.25) is 0 Å². The molecule has 3 aromatic carbocycles. The van der Waals surface area contributed by atoms with Crippen molar-refractivity contribution in [1.82, 2.24) is 4.90 Å². The third-order valence-corrected chi connectivity index (χ3v) is 12.0. The predicted octanol–water partition coefficient (Wildman–Crippen LogP) is 5.52. The Morgan fingerprint density at radius 3 is 1.76 bits per heavy atom. The van der Waals surface area contributed by atoms with Crippen LogP contribution in [0, 0.1) is 0 Å². The highest BCUT2D eigenvalue weighted by molar-refractivity contribution is 6.99. The molecule has 6 heteroatoms. The molecule has 5 nitrogen and oxygen atoms in total. The molecular weight excluding hydrogens is 490 g/mol. The summed E-state index contributed by atoms with van der Waals surface area (Å²) in [5, 5.41) is 11.4. The molecule has 1 N–H and O–H groups in total. The smallest absolute Gasteiger partial charge is 0.303 e. The first-order chi connectivity index (χ1) is 17.9. The van der Waals surface area contributed by atoms with Gasteiger partial charge in [0.1, 0.15) is 0 Å². The molecule has 0 aliphatic heterocycles. The summed E-state index contributed by atoms with van der Waals surface area (Å²) in [7, 11) is -2.73. The minimum absolute atomic E-state index is 0.0171. The molecule has 38 heavy (non-hydrogen) atoms. The molecule has 0 saturated heterocycles. The highest BCUT2D eigenvalue weighted by Gasteiger charge is 2.50. The van der Waals surface area contributed by atoms with Gasteiger partial charge in [0.15, 0.2) is 0 Å². The van der Waals surface area contributed by atoms with Crippen molar-refractivity contribution in [3.8, 4) is 0 Å². The molecule has 1 amide bonds. The summed E-state index contributed by atoms with van der Waals surface area (Å²) in [4.78, 5) is 26.9. The number of hydrogen-bond acceptors (Lipinski definition) is 3. The molecule has 0 bridgehead atoms. The van der Waals surface area contributed by atoms with E-state index < -0.39 is 19.8 Å². The topological polar surface area (TPSA) is 66.8 Å². The Labute approximate surface area is 228 Å². The van der Waals surface area contributed by atoms with Gasteiger partial charge in [-0.3, -0.25) is 9.59 Å². The van der Waals surface area contributed by atoms with E-state index in [-0.39, 0.29) is 17.4 Å². The number of carboxylic acid groups (broad SMARTS) is 1. The quantitative estimate of drug-likeness (QED) is 0.350. The number of hydrogen-bond donors (Lipinski definition) is 1. The lowest BCUT2D eigenvalue weighted by molar-refractivity contribution is -0.136. The molecule has 202 valence electrons. The van der Waals surface area contributed by atoms with Crippen molar-refractivity contribution in [2.45, 2.75) is 65.0 Å². The number of nitrogens with zero attached hydrogens (tertiary/aromatic N) is 1. The summed E-state index contributed by atoms with van der Waals surface area (Å²) in [6.45, 7) is 13.6. The maximum atomic E-state index is 13.9. The fraction of sp³-hybridized carbons (Fsp3) is 0.375. The molecule has 0 spiro atoms. The number of aliphatic carboxylic acids is 1. The second-order valence-corrected chi connectivity index (χ2v) is 16.0. The summed E-state index contributed by atoms with van der Waals surface area (Å²) < 4.78 is 7.05. The Balaban J connectivity index is 1.95. The van der Waals surface area contributed by atoms with Crippen LogP contribution in [0.4, 0.5) is 0 Å². The zero-order chi connectivity index (χ0) is 28.0. The zero-order valence-corrected chi connectivity index (χ0v) is 24.5. The third kappa shape index (κ3) is 6.61. The van der Waals surface area contributed by atoms with Gasteiger partial charge in [-0.1, -0.05) is 99.6 Å². The van der Waals surface area contributed by atoms with E-state index in [1.54, 1.807) is 6.07 Å². The minimum atomic E-state index is -2.73. The van der Waals surface area contributed by atoms with Crippen LogP contribution in [0.1, 0.15) is 63.9 Å². The van der Waals surface area contributed by atoms with Crippen molar-refractivity contribution < 1.29 is 19.1 Å². The number of carbonyl (C=O) groups excluding carboxylic acids is 1.